The van der Waals surface area contributed by atoms with Crippen LogP contribution >= 0.6 is 0 Å². The lowest BCUT2D eigenvalue weighted by atomic mass is 10.2. The second kappa shape index (κ2) is 8.55. The van der Waals surface area contributed by atoms with Gasteiger partial charge in [0.2, 0.25) is 0 Å². The van der Waals surface area contributed by atoms with E-state index in [-0.39, 0.29) is 0 Å². The van der Waals surface area contributed by atoms with Gasteiger partial charge in [-0.1, -0.05) is 24.3 Å². The number of imidazole rings is 1. The van der Waals surface area contributed by atoms with Gasteiger partial charge in [0.25, 0.3) is 0 Å². The molecule has 0 spiro atoms. The van der Waals surface area contributed by atoms with Crippen molar-refractivity contribution >= 4 is 11.0 Å². The molecule has 5 nitrogen and oxygen atoms in total. The van der Waals surface area contributed by atoms with Crippen LogP contribution in [0, 0.1) is 0 Å². The van der Waals surface area contributed by atoms with E-state index in [1.54, 1.807) is 0 Å². The SMILES string of the molecule is CN1CCN(CCCCOc2cccc(-c3nc4ccccc4[nH]3)c2)CC1. The first kappa shape index (κ1) is 18.0. The van der Waals surface area contributed by atoms with Crippen molar-refractivity contribution in [1.29, 1.82) is 0 Å². The van der Waals surface area contributed by atoms with Crippen LogP contribution in [0.15, 0.2) is 48.5 Å². The number of para-hydroxylation sites is 2. The Hall–Kier alpha value is -2.37. The number of hydrogen-bond acceptors (Lipinski definition) is 4. The van der Waals surface area contributed by atoms with Gasteiger partial charge in [0.05, 0.1) is 17.6 Å². The van der Waals surface area contributed by atoms with Crippen LogP contribution < -0.4 is 4.74 Å². The quantitative estimate of drug-likeness (QED) is 0.650. The average molecular weight is 364 g/mol. The highest BCUT2D eigenvalue weighted by Crippen LogP contribution is 2.24. The first-order valence-corrected chi connectivity index (χ1v) is 9.87. The van der Waals surface area contributed by atoms with Crippen LogP contribution in [0.4, 0.5) is 0 Å². The number of nitrogens with zero attached hydrogens (tertiary/aromatic N) is 3. The Balaban J connectivity index is 1.27. The van der Waals surface area contributed by atoms with Crippen molar-refractivity contribution in [1.82, 2.24) is 19.8 Å². The Bertz CT molecular complexity index is 834. The summed E-state index contributed by atoms with van der Waals surface area (Å²) in [6.45, 7) is 6.69. The van der Waals surface area contributed by atoms with Gasteiger partial charge in [-0.15, -0.1) is 0 Å². The van der Waals surface area contributed by atoms with Crippen LogP contribution in [0.25, 0.3) is 22.4 Å². The molecule has 0 aliphatic carbocycles. The minimum absolute atomic E-state index is 0.761. The fraction of sp³-hybridized carbons (Fsp3) is 0.409. The number of unbranched alkanes of at least 4 members (excludes halogenated alkanes) is 1. The average Bonchev–Trinajstić information content (AvgIpc) is 3.14. The van der Waals surface area contributed by atoms with Gasteiger partial charge in [0.1, 0.15) is 11.6 Å². The molecule has 142 valence electrons. The summed E-state index contributed by atoms with van der Waals surface area (Å²) in [5, 5.41) is 0. The summed E-state index contributed by atoms with van der Waals surface area (Å²) in [6.07, 6.45) is 2.27. The van der Waals surface area contributed by atoms with Gasteiger partial charge in [-0.05, 0) is 50.7 Å². The Labute approximate surface area is 161 Å². The van der Waals surface area contributed by atoms with Crippen LogP contribution in [-0.4, -0.2) is 66.1 Å². The smallest absolute Gasteiger partial charge is 0.138 e. The third-order valence-corrected chi connectivity index (χ3v) is 5.23. The molecule has 1 aromatic heterocycles. The zero-order chi connectivity index (χ0) is 18.5. The summed E-state index contributed by atoms with van der Waals surface area (Å²) in [5.74, 6) is 1.80. The predicted molar refractivity (Wildman–Crippen MR) is 110 cm³/mol. The van der Waals surface area contributed by atoms with Crippen LogP contribution in [0.3, 0.4) is 0 Å². The molecule has 1 N–H and O–H groups in total. The Morgan fingerprint density at radius 2 is 1.85 bits per heavy atom. The predicted octanol–water partition coefficient (Wildman–Crippen LogP) is 3.64. The van der Waals surface area contributed by atoms with Gasteiger partial charge in [-0.2, -0.15) is 0 Å². The first-order chi connectivity index (χ1) is 13.3. The lowest BCUT2D eigenvalue weighted by molar-refractivity contribution is 0.150. The van der Waals surface area contributed by atoms with E-state index in [9.17, 15) is 0 Å². The van der Waals surface area contributed by atoms with Crippen molar-refractivity contribution in [2.24, 2.45) is 0 Å². The summed E-state index contributed by atoms with van der Waals surface area (Å²) >= 11 is 0. The third kappa shape index (κ3) is 4.67. The Morgan fingerprint density at radius 1 is 1.00 bits per heavy atom. The highest BCUT2D eigenvalue weighted by molar-refractivity contribution is 5.79. The number of benzene rings is 2. The molecule has 1 fully saturated rings. The summed E-state index contributed by atoms with van der Waals surface area (Å²) in [4.78, 5) is 13.0. The van der Waals surface area contributed by atoms with E-state index in [2.05, 4.69) is 38.9 Å². The van der Waals surface area contributed by atoms with E-state index in [0.29, 0.717) is 0 Å². The van der Waals surface area contributed by atoms with E-state index in [0.717, 1.165) is 41.2 Å². The second-order valence-corrected chi connectivity index (χ2v) is 7.33. The maximum atomic E-state index is 5.98. The molecule has 0 unspecified atom stereocenters. The molecule has 3 aromatic rings. The number of nitrogens with one attached hydrogen (secondary N) is 1. The molecule has 0 amide bonds. The third-order valence-electron chi connectivity index (χ3n) is 5.23. The van der Waals surface area contributed by atoms with Gasteiger partial charge >= 0.3 is 0 Å². The lowest BCUT2D eigenvalue weighted by Gasteiger charge is -2.32. The molecule has 0 radical (unpaired) electrons. The van der Waals surface area contributed by atoms with E-state index in [1.807, 2.05) is 36.4 Å². The highest BCUT2D eigenvalue weighted by atomic mass is 16.5. The number of fused-ring (bicyclic) bond motifs is 1. The monoisotopic (exact) mass is 364 g/mol. The van der Waals surface area contributed by atoms with Crippen molar-refractivity contribution in [2.75, 3.05) is 46.4 Å². The number of likely N-dealkylation sites (N-methyl/N-ethyl adjacent to an activating group) is 1. The molecule has 4 rings (SSSR count). The maximum absolute atomic E-state index is 5.98. The minimum Gasteiger partial charge on any atom is -0.494 e. The van der Waals surface area contributed by atoms with E-state index >= 15 is 0 Å². The molecule has 1 saturated heterocycles. The van der Waals surface area contributed by atoms with Crippen molar-refractivity contribution in [3.05, 3.63) is 48.5 Å². The molecular formula is C22H28N4O. The van der Waals surface area contributed by atoms with Gasteiger partial charge in [-0.3, -0.25) is 0 Å². The molecule has 1 aliphatic rings. The maximum Gasteiger partial charge on any atom is 0.138 e. The zero-order valence-electron chi connectivity index (χ0n) is 16.0. The standard InChI is InChI=1S/C22H28N4O/c1-25-12-14-26(15-13-25)11-4-5-16-27-19-8-6-7-18(17-19)22-23-20-9-2-3-10-21(20)24-22/h2-3,6-10,17H,4-5,11-16H2,1H3,(H,23,24). The Kier molecular flexibility index (Phi) is 5.70. The van der Waals surface area contributed by atoms with Crippen LogP contribution in [0.5, 0.6) is 5.75 Å². The normalized spacial score (nSPS) is 16.0. The van der Waals surface area contributed by atoms with Crippen molar-refractivity contribution in [2.45, 2.75) is 12.8 Å². The Morgan fingerprint density at radius 3 is 2.70 bits per heavy atom. The number of aromatic amines is 1. The molecule has 0 atom stereocenters. The van der Waals surface area contributed by atoms with Gasteiger partial charge in [0, 0.05) is 31.7 Å². The molecule has 2 heterocycles. The zero-order valence-corrected chi connectivity index (χ0v) is 16.0. The molecular weight excluding hydrogens is 336 g/mol. The summed E-state index contributed by atoms with van der Waals surface area (Å²) in [5.41, 5.74) is 3.10. The van der Waals surface area contributed by atoms with Crippen molar-refractivity contribution < 1.29 is 4.74 Å². The number of H-pyrrole nitrogens is 1. The van der Waals surface area contributed by atoms with Gasteiger partial charge in [0.15, 0.2) is 0 Å². The van der Waals surface area contributed by atoms with Crippen LogP contribution in [0.1, 0.15) is 12.8 Å². The molecule has 2 aromatic carbocycles. The number of hydrogen-bond donors (Lipinski definition) is 1. The van der Waals surface area contributed by atoms with Gasteiger partial charge < -0.3 is 19.5 Å². The molecule has 1 aliphatic heterocycles. The van der Waals surface area contributed by atoms with E-state index in [4.69, 9.17) is 4.74 Å². The van der Waals surface area contributed by atoms with E-state index < -0.39 is 0 Å². The van der Waals surface area contributed by atoms with Crippen molar-refractivity contribution in [3.8, 4) is 17.1 Å². The molecule has 5 heteroatoms. The molecule has 0 bridgehead atoms. The summed E-state index contributed by atoms with van der Waals surface area (Å²) in [6, 6.07) is 16.3. The van der Waals surface area contributed by atoms with Crippen molar-refractivity contribution in [3.63, 3.8) is 0 Å². The summed E-state index contributed by atoms with van der Waals surface area (Å²) in [7, 11) is 2.20. The van der Waals surface area contributed by atoms with E-state index in [1.165, 1.54) is 39.1 Å². The number of ether oxygens (including phenoxy) is 1. The first-order valence-electron chi connectivity index (χ1n) is 9.87. The molecule has 0 saturated carbocycles. The second-order valence-electron chi connectivity index (χ2n) is 7.33. The summed E-state index contributed by atoms with van der Waals surface area (Å²) < 4.78 is 5.98. The fourth-order valence-corrected chi connectivity index (χ4v) is 3.52. The van der Waals surface area contributed by atoms with Crippen LogP contribution in [0.2, 0.25) is 0 Å². The van der Waals surface area contributed by atoms with Crippen LogP contribution in [-0.2, 0) is 0 Å². The lowest BCUT2D eigenvalue weighted by Crippen LogP contribution is -2.44. The topological polar surface area (TPSA) is 44.4 Å². The fourth-order valence-electron chi connectivity index (χ4n) is 3.52. The highest BCUT2D eigenvalue weighted by Gasteiger charge is 2.12. The number of piperazine rings is 1. The largest absolute Gasteiger partial charge is 0.494 e. The number of aromatic nitrogens is 2. The minimum atomic E-state index is 0.761. The number of rotatable bonds is 7. The van der Waals surface area contributed by atoms with Gasteiger partial charge in [-0.25, -0.2) is 4.98 Å². The molecule has 27 heavy (non-hydrogen) atoms.